The maximum Gasteiger partial charge on any atom is 0.238 e. The van der Waals surface area contributed by atoms with E-state index in [1.165, 1.54) is 16.8 Å². The molecule has 11 heteroatoms. The van der Waals surface area contributed by atoms with Crippen LogP contribution < -0.4 is 5.14 Å². The third-order valence-corrected chi connectivity index (χ3v) is 6.49. The molecule has 1 atom stereocenters. The average Bonchev–Trinajstić information content (AvgIpc) is 3.15. The molecule has 3 aromatic rings. The van der Waals surface area contributed by atoms with Gasteiger partial charge in [-0.3, -0.25) is 4.90 Å². The summed E-state index contributed by atoms with van der Waals surface area (Å²) in [5, 5.41) is 9.74. The van der Waals surface area contributed by atoms with E-state index < -0.39 is 15.8 Å². The summed E-state index contributed by atoms with van der Waals surface area (Å²) in [6.07, 6.45) is 0.399. The fourth-order valence-electron chi connectivity index (χ4n) is 4.02. The van der Waals surface area contributed by atoms with E-state index in [0.29, 0.717) is 44.4 Å². The van der Waals surface area contributed by atoms with Crippen LogP contribution >= 0.6 is 0 Å². The smallest absolute Gasteiger partial charge is 0.238 e. The predicted octanol–water partition coefficient (Wildman–Crippen LogP) is 1.80. The molecule has 1 fully saturated rings. The van der Waals surface area contributed by atoms with E-state index in [0.717, 1.165) is 23.7 Å². The summed E-state index contributed by atoms with van der Waals surface area (Å²) in [6.45, 7) is 4.94. The van der Waals surface area contributed by atoms with Crippen molar-refractivity contribution < 1.29 is 22.3 Å². The molecular formula is C23H28FN5O4S. The number of nitrogens with zero attached hydrogens (tertiary/aromatic N) is 4. The second-order valence-corrected chi connectivity index (χ2v) is 9.92. The first-order chi connectivity index (χ1) is 16.2. The Labute approximate surface area is 198 Å². The molecule has 2 N–H and O–H groups in total. The van der Waals surface area contributed by atoms with Crippen LogP contribution in [0.3, 0.4) is 0 Å². The minimum absolute atomic E-state index is 0.0317. The van der Waals surface area contributed by atoms with Crippen molar-refractivity contribution in [3.05, 3.63) is 71.1 Å². The van der Waals surface area contributed by atoms with Gasteiger partial charge in [0.2, 0.25) is 10.0 Å². The highest BCUT2D eigenvalue weighted by Gasteiger charge is 2.23. The van der Waals surface area contributed by atoms with Gasteiger partial charge < -0.3 is 9.47 Å². The summed E-state index contributed by atoms with van der Waals surface area (Å²) in [6, 6.07) is 11.5. The summed E-state index contributed by atoms with van der Waals surface area (Å²) in [5.41, 5.74) is 2.21. The number of aryl methyl sites for hydroxylation is 1. The number of benzene rings is 2. The number of rotatable bonds is 8. The lowest BCUT2D eigenvalue weighted by Crippen LogP contribution is -2.44. The number of methoxy groups -OCH3 is 1. The molecule has 34 heavy (non-hydrogen) atoms. The van der Waals surface area contributed by atoms with Crippen LogP contribution in [-0.2, 0) is 32.5 Å². The number of hydrogen-bond donors (Lipinski definition) is 1. The normalized spacial score (nSPS) is 17.2. The molecule has 0 radical (unpaired) electrons. The van der Waals surface area contributed by atoms with Crippen molar-refractivity contribution in [2.45, 2.75) is 30.9 Å². The monoisotopic (exact) mass is 489 g/mol. The van der Waals surface area contributed by atoms with Gasteiger partial charge >= 0.3 is 0 Å². The SMILES string of the molecule is COCC1CN(Cc2nc(Cc3cccc(C)c3)n(-c3ccc(S(N)(=O)=O)cc3F)n2)CCO1. The molecule has 2 heterocycles. The second kappa shape index (κ2) is 10.3. The van der Waals surface area contributed by atoms with Gasteiger partial charge in [-0.2, -0.15) is 0 Å². The average molecular weight is 490 g/mol. The molecule has 0 spiro atoms. The molecule has 1 aliphatic heterocycles. The van der Waals surface area contributed by atoms with E-state index in [4.69, 9.17) is 19.6 Å². The van der Waals surface area contributed by atoms with E-state index in [1.807, 2.05) is 31.2 Å². The molecular weight excluding hydrogens is 461 g/mol. The fraction of sp³-hybridized carbons (Fsp3) is 0.391. The summed E-state index contributed by atoms with van der Waals surface area (Å²) in [4.78, 5) is 6.59. The quantitative estimate of drug-likeness (QED) is 0.513. The topological polar surface area (TPSA) is 113 Å². The van der Waals surface area contributed by atoms with Crippen molar-refractivity contribution in [2.24, 2.45) is 5.14 Å². The molecule has 0 amide bonds. The molecule has 1 unspecified atom stereocenters. The highest BCUT2D eigenvalue weighted by atomic mass is 32.2. The molecule has 1 aliphatic rings. The Morgan fingerprint density at radius 3 is 2.79 bits per heavy atom. The van der Waals surface area contributed by atoms with Crippen LogP contribution in [0.2, 0.25) is 0 Å². The van der Waals surface area contributed by atoms with Gasteiger partial charge in [0.25, 0.3) is 0 Å². The number of primary sulfonamides is 1. The Kier molecular flexibility index (Phi) is 7.39. The van der Waals surface area contributed by atoms with Crippen LogP contribution in [0.1, 0.15) is 22.8 Å². The largest absolute Gasteiger partial charge is 0.382 e. The standard InChI is InChI=1S/C23H28FN5O4S/c1-16-4-3-5-17(10-16)11-23-26-22(14-28-8-9-33-18(13-28)15-32-2)27-29(23)21-7-6-19(12-20(21)24)34(25,30)31/h3-7,10,12,18H,8-9,11,13-15H2,1-2H3,(H2,25,30,31). The van der Waals surface area contributed by atoms with Gasteiger partial charge in [-0.05, 0) is 30.7 Å². The highest BCUT2D eigenvalue weighted by Crippen LogP contribution is 2.21. The molecule has 182 valence electrons. The minimum Gasteiger partial charge on any atom is -0.382 e. The lowest BCUT2D eigenvalue weighted by molar-refractivity contribution is -0.0636. The Balaban J connectivity index is 1.67. The van der Waals surface area contributed by atoms with E-state index in [1.54, 1.807) is 7.11 Å². The van der Waals surface area contributed by atoms with Crippen molar-refractivity contribution in [3.63, 3.8) is 0 Å². The van der Waals surface area contributed by atoms with Crippen molar-refractivity contribution in [2.75, 3.05) is 33.4 Å². The van der Waals surface area contributed by atoms with Crippen molar-refractivity contribution in [3.8, 4) is 5.69 Å². The Hall–Kier alpha value is -2.70. The summed E-state index contributed by atoms with van der Waals surface area (Å²) in [7, 11) is -2.39. The molecule has 2 aromatic carbocycles. The number of hydrogen-bond acceptors (Lipinski definition) is 7. The van der Waals surface area contributed by atoms with Crippen molar-refractivity contribution in [1.82, 2.24) is 19.7 Å². The van der Waals surface area contributed by atoms with Crippen LogP contribution in [0.5, 0.6) is 0 Å². The number of sulfonamides is 1. The zero-order valence-corrected chi connectivity index (χ0v) is 20.0. The van der Waals surface area contributed by atoms with Crippen LogP contribution in [0, 0.1) is 12.7 Å². The third kappa shape index (κ3) is 5.86. The number of aromatic nitrogens is 3. The lowest BCUT2D eigenvalue weighted by Gasteiger charge is -2.31. The maximum atomic E-state index is 15.0. The molecule has 9 nitrogen and oxygen atoms in total. The molecule has 0 bridgehead atoms. The molecule has 1 saturated heterocycles. The molecule has 0 aliphatic carbocycles. The highest BCUT2D eigenvalue weighted by molar-refractivity contribution is 7.89. The van der Waals surface area contributed by atoms with Gasteiger partial charge in [-0.1, -0.05) is 29.8 Å². The van der Waals surface area contributed by atoms with E-state index in [-0.39, 0.29) is 16.7 Å². The van der Waals surface area contributed by atoms with Gasteiger partial charge in [0, 0.05) is 26.6 Å². The number of halogens is 1. The van der Waals surface area contributed by atoms with Crippen LogP contribution in [-0.4, -0.2) is 67.6 Å². The van der Waals surface area contributed by atoms with Gasteiger partial charge in [0.15, 0.2) is 5.82 Å². The van der Waals surface area contributed by atoms with E-state index in [9.17, 15) is 8.42 Å². The van der Waals surface area contributed by atoms with Gasteiger partial charge in [0.05, 0.1) is 30.8 Å². The molecule has 0 saturated carbocycles. The fourth-order valence-corrected chi connectivity index (χ4v) is 4.54. The Morgan fingerprint density at radius 2 is 2.09 bits per heavy atom. The summed E-state index contributed by atoms with van der Waals surface area (Å²) >= 11 is 0. The first kappa shape index (κ1) is 24.4. The molecule has 1 aromatic heterocycles. The van der Waals surface area contributed by atoms with E-state index >= 15 is 4.39 Å². The minimum atomic E-state index is -4.03. The van der Waals surface area contributed by atoms with Crippen molar-refractivity contribution >= 4 is 10.0 Å². The van der Waals surface area contributed by atoms with Gasteiger partial charge in [-0.25, -0.2) is 27.6 Å². The van der Waals surface area contributed by atoms with E-state index in [2.05, 4.69) is 10.00 Å². The summed E-state index contributed by atoms with van der Waals surface area (Å²) < 4.78 is 50.6. The Morgan fingerprint density at radius 1 is 1.26 bits per heavy atom. The third-order valence-electron chi connectivity index (χ3n) is 5.58. The molecule has 4 rings (SSSR count). The zero-order chi connectivity index (χ0) is 24.3. The van der Waals surface area contributed by atoms with Gasteiger partial charge in [0.1, 0.15) is 17.3 Å². The maximum absolute atomic E-state index is 15.0. The van der Waals surface area contributed by atoms with Gasteiger partial charge in [-0.15, -0.1) is 5.10 Å². The second-order valence-electron chi connectivity index (χ2n) is 8.36. The predicted molar refractivity (Wildman–Crippen MR) is 124 cm³/mol. The lowest BCUT2D eigenvalue weighted by atomic mass is 10.1. The zero-order valence-electron chi connectivity index (χ0n) is 19.1. The number of ether oxygens (including phenoxy) is 2. The first-order valence-electron chi connectivity index (χ1n) is 10.9. The number of morpholine rings is 1. The number of nitrogens with two attached hydrogens (primary N) is 1. The van der Waals surface area contributed by atoms with Crippen LogP contribution in [0.25, 0.3) is 5.69 Å². The Bertz CT molecular complexity index is 1260. The first-order valence-corrected chi connectivity index (χ1v) is 12.4. The van der Waals surface area contributed by atoms with Crippen LogP contribution in [0.4, 0.5) is 4.39 Å². The van der Waals surface area contributed by atoms with Crippen molar-refractivity contribution in [1.29, 1.82) is 0 Å². The summed E-state index contributed by atoms with van der Waals surface area (Å²) in [5.74, 6) is 0.334. The van der Waals surface area contributed by atoms with Crippen LogP contribution in [0.15, 0.2) is 47.4 Å².